The van der Waals surface area contributed by atoms with Gasteiger partial charge < -0.3 is 19.7 Å². The summed E-state index contributed by atoms with van der Waals surface area (Å²) in [5, 5.41) is 18.1. The van der Waals surface area contributed by atoms with Gasteiger partial charge in [-0.3, -0.25) is 9.48 Å². The number of carbonyl (C=O) groups is 1. The van der Waals surface area contributed by atoms with Crippen LogP contribution in [0.25, 0.3) is 10.9 Å². The maximum atomic E-state index is 13.1. The van der Waals surface area contributed by atoms with Crippen molar-refractivity contribution in [3.63, 3.8) is 0 Å². The molecule has 1 aliphatic rings. The Balaban J connectivity index is 1.63. The van der Waals surface area contributed by atoms with Crippen molar-refractivity contribution in [2.24, 2.45) is 20.0 Å². The van der Waals surface area contributed by atoms with Crippen molar-refractivity contribution in [3.05, 3.63) is 47.9 Å². The van der Waals surface area contributed by atoms with Gasteiger partial charge in [0.1, 0.15) is 11.4 Å². The fourth-order valence-corrected chi connectivity index (χ4v) is 3.85. The number of aliphatic hydroxyl groups excluding tert-OH is 1. The number of aliphatic hydroxyl groups is 1. The Morgan fingerprint density at radius 1 is 1.33 bits per heavy atom. The Morgan fingerprint density at radius 2 is 2.11 bits per heavy atom. The molecule has 1 unspecified atom stereocenters. The van der Waals surface area contributed by atoms with E-state index in [0.29, 0.717) is 18.5 Å². The number of benzene rings is 1. The lowest BCUT2D eigenvalue weighted by Crippen LogP contribution is -2.41. The molecule has 0 spiro atoms. The molecule has 1 fully saturated rings. The molecule has 7 heteroatoms. The third kappa shape index (κ3) is 3.19. The van der Waals surface area contributed by atoms with Gasteiger partial charge in [0.25, 0.3) is 5.91 Å². The zero-order chi connectivity index (χ0) is 19.1. The van der Waals surface area contributed by atoms with Gasteiger partial charge in [-0.1, -0.05) is 0 Å². The number of fused-ring (bicyclic) bond motifs is 1. The molecule has 1 atom stereocenters. The first-order valence-corrected chi connectivity index (χ1v) is 9.07. The highest BCUT2D eigenvalue weighted by molar-refractivity contribution is 5.99. The average molecular weight is 368 g/mol. The highest BCUT2D eigenvalue weighted by atomic mass is 16.5. The smallest absolute Gasteiger partial charge is 0.268 e. The second kappa shape index (κ2) is 6.74. The lowest BCUT2D eigenvalue weighted by molar-refractivity contribution is 0.0234. The fraction of sp³-hybridized carbons (Fsp3) is 0.400. The van der Waals surface area contributed by atoms with E-state index in [-0.39, 0.29) is 24.0 Å². The SMILES string of the molecule is COc1ccc2cc(C(=O)NC(c3cnn(C)c3)C3CC(O)C3)n(C)c2c1. The summed E-state index contributed by atoms with van der Waals surface area (Å²) in [6, 6.07) is 7.49. The molecule has 2 aromatic heterocycles. The van der Waals surface area contributed by atoms with E-state index in [1.807, 2.05) is 49.1 Å². The molecule has 1 aliphatic carbocycles. The van der Waals surface area contributed by atoms with E-state index in [2.05, 4.69) is 10.4 Å². The van der Waals surface area contributed by atoms with Gasteiger partial charge >= 0.3 is 0 Å². The minimum absolute atomic E-state index is 0.136. The molecule has 0 radical (unpaired) electrons. The van der Waals surface area contributed by atoms with Crippen LogP contribution in [-0.4, -0.2) is 38.6 Å². The lowest BCUT2D eigenvalue weighted by Gasteiger charge is -2.37. The van der Waals surface area contributed by atoms with Crippen LogP contribution < -0.4 is 10.1 Å². The van der Waals surface area contributed by atoms with Crippen LogP contribution in [0.2, 0.25) is 0 Å². The topological polar surface area (TPSA) is 81.3 Å². The van der Waals surface area contributed by atoms with Gasteiger partial charge in [0.05, 0.1) is 31.0 Å². The minimum Gasteiger partial charge on any atom is -0.497 e. The van der Waals surface area contributed by atoms with E-state index in [1.54, 1.807) is 18.0 Å². The van der Waals surface area contributed by atoms with E-state index in [1.165, 1.54) is 0 Å². The average Bonchev–Trinajstić information content (AvgIpc) is 3.20. The van der Waals surface area contributed by atoms with Gasteiger partial charge in [-0.2, -0.15) is 5.10 Å². The molecule has 1 saturated carbocycles. The third-order valence-corrected chi connectivity index (χ3v) is 5.48. The van der Waals surface area contributed by atoms with Crippen molar-refractivity contribution in [2.75, 3.05) is 7.11 Å². The van der Waals surface area contributed by atoms with Crippen molar-refractivity contribution in [1.82, 2.24) is 19.7 Å². The second-order valence-corrected chi connectivity index (χ2v) is 7.30. The molecular formula is C20H24N4O3. The number of amides is 1. The maximum absolute atomic E-state index is 13.1. The number of nitrogens with one attached hydrogen (secondary N) is 1. The van der Waals surface area contributed by atoms with Crippen molar-refractivity contribution in [1.29, 1.82) is 0 Å². The Kier molecular flexibility index (Phi) is 4.39. The summed E-state index contributed by atoms with van der Waals surface area (Å²) in [7, 11) is 5.36. The number of aryl methyl sites for hydroxylation is 2. The van der Waals surface area contributed by atoms with Crippen LogP contribution in [0.1, 0.15) is 34.9 Å². The number of aromatic nitrogens is 3. The van der Waals surface area contributed by atoms with Crippen LogP contribution in [0.4, 0.5) is 0 Å². The first-order valence-electron chi connectivity index (χ1n) is 9.07. The Hall–Kier alpha value is -2.80. The first-order chi connectivity index (χ1) is 13.0. The third-order valence-electron chi connectivity index (χ3n) is 5.48. The molecular weight excluding hydrogens is 344 g/mol. The molecule has 1 aromatic carbocycles. The van der Waals surface area contributed by atoms with Crippen LogP contribution >= 0.6 is 0 Å². The quantitative estimate of drug-likeness (QED) is 0.723. The van der Waals surface area contributed by atoms with Crippen LogP contribution in [0.5, 0.6) is 5.75 Å². The van der Waals surface area contributed by atoms with E-state index in [9.17, 15) is 9.90 Å². The number of ether oxygens (including phenoxy) is 1. The van der Waals surface area contributed by atoms with Gasteiger partial charge in [0.15, 0.2) is 0 Å². The Labute approximate surface area is 157 Å². The molecule has 2 heterocycles. The molecule has 0 aliphatic heterocycles. The minimum atomic E-state index is -0.281. The van der Waals surface area contributed by atoms with Crippen LogP contribution in [0.15, 0.2) is 36.7 Å². The Bertz CT molecular complexity index is 984. The summed E-state index contributed by atoms with van der Waals surface area (Å²) in [6.07, 6.45) is 4.79. The van der Waals surface area contributed by atoms with Crippen molar-refractivity contribution in [3.8, 4) is 5.75 Å². The molecule has 0 bridgehead atoms. The number of hydrogen-bond donors (Lipinski definition) is 2. The predicted molar refractivity (Wildman–Crippen MR) is 102 cm³/mol. The summed E-state index contributed by atoms with van der Waals surface area (Å²) in [5.41, 5.74) is 2.49. The number of hydrogen-bond acceptors (Lipinski definition) is 4. The molecule has 3 aromatic rings. The fourth-order valence-electron chi connectivity index (χ4n) is 3.85. The van der Waals surface area contributed by atoms with Gasteiger partial charge in [0.2, 0.25) is 0 Å². The Morgan fingerprint density at radius 3 is 2.74 bits per heavy atom. The largest absolute Gasteiger partial charge is 0.497 e. The molecule has 0 saturated heterocycles. The zero-order valence-electron chi connectivity index (χ0n) is 15.7. The summed E-state index contributed by atoms with van der Waals surface area (Å²) in [4.78, 5) is 13.1. The maximum Gasteiger partial charge on any atom is 0.268 e. The summed E-state index contributed by atoms with van der Waals surface area (Å²) < 4.78 is 8.90. The van der Waals surface area contributed by atoms with Crippen LogP contribution in [0, 0.1) is 5.92 Å². The number of rotatable bonds is 5. The number of nitrogens with zero attached hydrogens (tertiary/aromatic N) is 3. The van der Waals surface area contributed by atoms with Gasteiger partial charge in [-0.25, -0.2) is 0 Å². The molecule has 142 valence electrons. The highest BCUT2D eigenvalue weighted by Gasteiger charge is 2.36. The van der Waals surface area contributed by atoms with Gasteiger partial charge in [-0.05, 0) is 37.0 Å². The van der Waals surface area contributed by atoms with Gasteiger partial charge in [-0.15, -0.1) is 0 Å². The van der Waals surface area contributed by atoms with Gasteiger partial charge in [0, 0.05) is 37.3 Å². The lowest BCUT2D eigenvalue weighted by atomic mass is 9.75. The monoisotopic (exact) mass is 368 g/mol. The molecule has 27 heavy (non-hydrogen) atoms. The summed E-state index contributed by atoms with van der Waals surface area (Å²) in [5.74, 6) is 0.832. The van der Waals surface area contributed by atoms with E-state index in [0.717, 1.165) is 22.2 Å². The standard InChI is InChI=1S/C20H24N4O3/c1-23-11-14(10-21-23)19(13-6-15(25)7-13)22-20(26)18-8-12-4-5-16(27-3)9-17(12)24(18)2/h4-5,8-11,13,15,19,25H,6-7H2,1-3H3,(H,22,26). The van der Waals surface area contributed by atoms with Crippen molar-refractivity contribution in [2.45, 2.75) is 25.0 Å². The van der Waals surface area contributed by atoms with Crippen LogP contribution in [0.3, 0.4) is 0 Å². The molecule has 4 rings (SSSR count). The number of carbonyl (C=O) groups excluding carboxylic acids is 1. The highest BCUT2D eigenvalue weighted by Crippen LogP contribution is 2.38. The number of methoxy groups -OCH3 is 1. The molecule has 7 nitrogen and oxygen atoms in total. The molecule has 2 N–H and O–H groups in total. The van der Waals surface area contributed by atoms with E-state index >= 15 is 0 Å². The molecule has 1 amide bonds. The van der Waals surface area contributed by atoms with Crippen molar-refractivity contribution < 1.29 is 14.6 Å². The predicted octanol–water partition coefficient (Wildman–Crippen LogP) is 2.16. The second-order valence-electron chi connectivity index (χ2n) is 7.30. The van der Waals surface area contributed by atoms with E-state index in [4.69, 9.17) is 4.74 Å². The first kappa shape index (κ1) is 17.6. The van der Waals surface area contributed by atoms with Crippen LogP contribution in [-0.2, 0) is 14.1 Å². The summed E-state index contributed by atoms with van der Waals surface area (Å²) >= 11 is 0. The zero-order valence-corrected chi connectivity index (χ0v) is 15.7. The normalized spacial score (nSPS) is 20.3. The summed E-state index contributed by atoms with van der Waals surface area (Å²) in [6.45, 7) is 0. The van der Waals surface area contributed by atoms with Crippen molar-refractivity contribution >= 4 is 16.8 Å². The van der Waals surface area contributed by atoms with E-state index < -0.39 is 0 Å².